The molecule has 1 amide bonds. The van der Waals surface area contributed by atoms with Gasteiger partial charge < -0.3 is 22.1 Å². The third-order valence-corrected chi connectivity index (χ3v) is 4.06. The van der Waals surface area contributed by atoms with Gasteiger partial charge in [0, 0.05) is 27.4 Å². The fourth-order valence-corrected chi connectivity index (χ4v) is 2.67. The minimum absolute atomic E-state index is 0.105. The van der Waals surface area contributed by atoms with Crippen LogP contribution >= 0.6 is 23.2 Å². The molecule has 0 fully saturated rings. The fraction of sp³-hybridized carbons (Fsp3) is 0.263. The van der Waals surface area contributed by atoms with Gasteiger partial charge in [0.1, 0.15) is 12.0 Å². The quantitative estimate of drug-likeness (QED) is 0.258. The van der Waals surface area contributed by atoms with Gasteiger partial charge in [0.25, 0.3) is 5.91 Å². The molecule has 9 heteroatoms. The summed E-state index contributed by atoms with van der Waals surface area (Å²) < 4.78 is 13.8. The number of halogens is 3. The molecule has 0 saturated carbocycles. The second kappa shape index (κ2) is 8.77. The van der Waals surface area contributed by atoms with Crippen molar-refractivity contribution in [3.63, 3.8) is 0 Å². The molecule has 0 spiro atoms. The van der Waals surface area contributed by atoms with Crippen molar-refractivity contribution in [1.29, 1.82) is 0 Å². The average Bonchev–Trinajstić information content (AvgIpc) is 2.56. The van der Waals surface area contributed by atoms with Crippen LogP contribution in [0.15, 0.2) is 41.4 Å². The molecule has 0 heterocycles. The van der Waals surface area contributed by atoms with Crippen molar-refractivity contribution in [1.82, 2.24) is 10.6 Å². The zero-order chi connectivity index (χ0) is 21.1. The molecular weight excluding hydrogens is 404 g/mol. The maximum Gasteiger partial charge on any atom is 0.280 e. The predicted molar refractivity (Wildman–Crippen MR) is 112 cm³/mol. The maximum atomic E-state index is 13.8. The molecule has 0 bridgehead atoms. The molecule has 1 unspecified atom stereocenters. The number of nitrogens with two attached hydrogens (primary N) is 2. The zero-order valence-corrected chi connectivity index (χ0v) is 17.2. The molecule has 28 heavy (non-hydrogen) atoms. The monoisotopic (exact) mass is 425 g/mol. The number of nitrogens with one attached hydrogen (secondary N) is 2. The minimum atomic E-state index is -0.937. The number of carbonyl (C=O) groups is 1. The summed E-state index contributed by atoms with van der Waals surface area (Å²) >= 11 is 11.7. The largest absolute Gasteiger partial charge is 0.398 e. The standard InChI is InChI=1S/C19H22Cl2FN5O/c1-19(2,3)27-18(26-17(28)10-5-4-6-11(20)7-10)25-16(24)12-8-14(22)13(21)9-15(12)23/h4-9,16H,23-24H2,1-3H3,(H2,25,26,27,28). The molecule has 6 nitrogen and oxygen atoms in total. The van der Waals surface area contributed by atoms with Gasteiger partial charge in [-0.15, -0.1) is 0 Å². The van der Waals surface area contributed by atoms with Crippen LogP contribution in [0.25, 0.3) is 0 Å². The molecule has 150 valence electrons. The minimum Gasteiger partial charge on any atom is -0.398 e. The highest BCUT2D eigenvalue weighted by Crippen LogP contribution is 2.25. The van der Waals surface area contributed by atoms with Crippen LogP contribution in [0.2, 0.25) is 10.0 Å². The summed E-state index contributed by atoms with van der Waals surface area (Å²) in [4.78, 5) is 16.6. The van der Waals surface area contributed by atoms with Gasteiger partial charge in [-0.2, -0.15) is 4.99 Å². The fourth-order valence-electron chi connectivity index (χ4n) is 2.31. The lowest BCUT2D eigenvalue weighted by Gasteiger charge is -2.26. The van der Waals surface area contributed by atoms with Gasteiger partial charge in [-0.3, -0.25) is 4.79 Å². The number of anilines is 1. The molecule has 2 aromatic rings. The van der Waals surface area contributed by atoms with Crippen LogP contribution in [-0.2, 0) is 0 Å². The molecule has 1 atom stereocenters. The van der Waals surface area contributed by atoms with Gasteiger partial charge in [0.15, 0.2) is 0 Å². The molecule has 0 aliphatic carbocycles. The van der Waals surface area contributed by atoms with E-state index in [0.29, 0.717) is 10.6 Å². The van der Waals surface area contributed by atoms with Crippen molar-refractivity contribution in [2.24, 2.45) is 10.7 Å². The average molecular weight is 426 g/mol. The number of amides is 1. The molecule has 6 N–H and O–H groups in total. The lowest BCUT2D eigenvalue weighted by molar-refractivity contribution is 0.100. The van der Waals surface area contributed by atoms with Gasteiger partial charge in [0.05, 0.1) is 5.02 Å². The van der Waals surface area contributed by atoms with Crippen molar-refractivity contribution in [2.45, 2.75) is 32.5 Å². The van der Waals surface area contributed by atoms with Gasteiger partial charge in [-0.05, 0) is 51.1 Å². The van der Waals surface area contributed by atoms with E-state index in [-0.39, 0.29) is 22.2 Å². The number of aliphatic imine (C=N–C) groups is 1. The zero-order valence-electron chi connectivity index (χ0n) is 15.7. The van der Waals surface area contributed by atoms with Crippen LogP contribution < -0.4 is 22.1 Å². The van der Waals surface area contributed by atoms with E-state index in [2.05, 4.69) is 15.6 Å². The molecule has 0 aromatic heterocycles. The van der Waals surface area contributed by atoms with E-state index < -0.39 is 23.4 Å². The molecule has 2 aromatic carbocycles. The summed E-state index contributed by atoms with van der Waals surface area (Å²) in [6, 6.07) is 8.83. The van der Waals surface area contributed by atoms with E-state index in [1.165, 1.54) is 12.1 Å². The second-order valence-electron chi connectivity index (χ2n) is 7.17. The van der Waals surface area contributed by atoms with E-state index in [9.17, 15) is 9.18 Å². The van der Waals surface area contributed by atoms with E-state index in [4.69, 9.17) is 34.7 Å². The summed E-state index contributed by atoms with van der Waals surface area (Å²) in [5.41, 5.74) is 12.4. The number of rotatable bonds is 3. The Morgan fingerprint density at radius 1 is 1.21 bits per heavy atom. The van der Waals surface area contributed by atoms with Crippen LogP contribution in [0, 0.1) is 5.82 Å². The molecular formula is C19H22Cl2FN5O. The third-order valence-electron chi connectivity index (χ3n) is 3.53. The summed E-state index contributed by atoms with van der Waals surface area (Å²) in [5.74, 6) is -1.07. The Morgan fingerprint density at radius 2 is 1.89 bits per heavy atom. The topological polar surface area (TPSA) is 106 Å². The molecule has 0 radical (unpaired) electrons. The Balaban J connectivity index is 2.33. The lowest BCUT2D eigenvalue weighted by Crippen LogP contribution is -2.50. The first-order valence-corrected chi connectivity index (χ1v) is 9.15. The van der Waals surface area contributed by atoms with Crippen molar-refractivity contribution in [2.75, 3.05) is 5.73 Å². The number of carbonyl (C=O) groups excluding carboxylic acids is 1. The van der Waals surface area contributed by atoms with Crippen LogP contribution in [0.1, 0.15) is 42.9 Å². The van der Waals surface area contributed by atoms with E-state index >= 15 is 0 Å². The highest BCUT2D eigenvalue weighted by Gasteiger charge is 2.19. The first-order chi connectivity index (χ1) is 13.0. The second-order valence-corrected chi connectivity index (χ2v) is 8.01. The van der Waals surface area contributed by atoms with E-state index in [0.717, 1.165) is 6.07 Å². The molecule has 2 rings (SSSR count). The Kier molecular flexibility index (Phi) is 6.87. The summed E-state index contributed by atoms with van der Waals surface area (Å²) in [5, 5.41) is 6.24. The van der Waals surface area contributed by atoms with E-state index in [1.807, 2.05) is 20.8 Å². The lowest BCUT2D eigenvalue weighted by atomic mass is 10.1. The number of nitrogens with zero attached hydrogens (tertiary/aromatic N) is 1. The van der Waals surface area contributed by atoms with Crippen LogP contribution in [0.5, 0.6) is 0 Å². The Hall–Kier alpha value is -2.35. The number of hydrogen-bond donors (Lipinski definition) is 4. The van der Waals surface area contributed by atoms with Gasteiger partial charge in [-0.25, -0.2) is 4.39 Å². The molecule has 0 saturated heterocycles. The van der Waals surface area contributed by atoms with Crippen molar-refractivity contribution in [3.05, 3.63) is 63.4 Å². The van der Waals surface area contributed by atoms with Gasteiger partial charge >= 0.3 is 0 Å². The Labute approximate surface area is 173 Å². The van der Waals surface area contributed by atoms with Crippen LogP contribution in [0.4, 0.5) is 10.1 Å². The Morgan fingerprint density at radius 3 is 2.50 bits per heavy atom. The van der Waals surface area contributed by atoms with Crippen LogP contribution in [-0.4, -0.2) is 17.4 Å². The number of guanidine groups is 1. The van der Waals surface area contributed by atoms with Crippen molar-refractivity contribution in [3.8, 4) is 0 Å². The number of hydrogen-bond acceptors (Lipinski definition) is 3. The van der Waals surface area contributed by atoms with Crippen LogP contribution in [0.3, 0.4) is 0 Å². The molecule has 0 aliphatic rings. The molecule has 0 aliphatic heterocycles. The van der Waals surface area contributed by atoms with E-state index in [1.54, 1.807) is 18.2 Å². The summed E-state index contributed by atoms with van der Waals surface area (Å²) in [6.07, 6.45) is -0.937. The SMILES string of the molecule is CC(C)(C)N/C(=N\C(=O)c1cccc(Cl)c1)NC(N)c1cc(F)c(Cl)cc1N. The Bertz CT molecular complexity index is 912. The maximum absolute atomic E-state index is 13.8. The normalized spacial score (nSPS) is 13.2. The highest BCUT2D eigenvalue weighted by molar-refractivity contribution is 6.31. The van der Waals surface area contributed by atoms with Gasteiger partial charge in [0.2, 0.25) is 5.96 Å². The van der Waals surface area contributed by atoms with Crippen molar-refractivity contribution >= 4 is 40.8 Å². The third kappa shape index (κ3) is 6.09. The van der Waals surface area contributed by atoms with Gasteiger partial charge in [-0.1, -0.05) is 29.3 Å². The summed E-state index contributed by atoms with van der Waals surface area (Å²) in [6.45, 7) is 5.65. The highest BCUT2D eigenvalue weighted by atomic mass is 35.5. The van der Waals surface area contributed by atoms with Crippen molar-refractivity contribution < 1.29 is 9.18 Å². The number of benzene rings is 2. The number of nitrogen functional groups attached to an aromatic ring is 1. The predicted octanol–water partition coefficient (Wildman–Crippen LogP) is 3.85. The first kappa shape index (κ1) is 21.9. The first-order valence-electron chi connectivity index (χ1n) is 8.39. The summed E-state index contributed by atoms with van der Waals surface area (Å²) in [7, 11) is 0. The smallest absolute Gasteiger partial charge is 0.280 e.